The number of aromatic nitrogens is 1. The maximum atomic E-state index is 13.0. The molecule has 2 rings (SSSR count). The van der Waals surface area contributed by atoms with Crippen LogP contribution in [0.25, 0.3) is 0 Å². The smallest absolute Gasteiger partial charge is 0.300 e. The summed E-state index contributed by atoms with van der Waals surface area (Å²) in [5.41, 5.74) is -1.43. The number of halogens is 5. The molecule has 0 saturated heterocycles. The molecule has 0 N–H and O–H groups in total. The lowest BCUT2D eigenvalue weighted by molar-refractivity contribution is -0.144. The third-order valence-electron chi connectivity index (χ3n) is 2.68. The Bertz CT molecular complexity index is 694. The minimum Gasteiger partial charge on any atom is -0.300 e. The third-order valence-corrected chi connectivity index (χ3v) is 3.42. The minimum atomic E-state index is -4.63. The second-order valence-corrected chi connectivity index (χ2v) is 4.92. The Labute approximate surface area is 119 Å². The maximum Gasteiger partial charge on any atom is 0.431 e. The topological polar surface area (TPSA) is 22.0 Å². The van der Waals surface area contributed by atoms with E-state index in [4.69, 9.17) is 0 Å². The highest BCUT2D eigenvalue weighted by Gasteiger charge is 2.34. The van der Waals surface area contributed by atoms with E-state index in [9.17, 15) is 22.4 Å². The van der Waals surface area contributed by atoms with Gasteiger partial charge in [0.1, 0.15) is 11.5 Å². The van der Waals surface area contributed by atoms with Crippen LogP contribution in [-0.2, 0) is 12.7 Å². The van der Waals surface area contributed by atoms with Crippen LogP contribution < -0.4 is 5.56 Å². The average molecular weight is 350 g/mol. The Morgan fingerprint density at radius 3 is 2.45 bits per heavy atom. The van der Waals surface area contributed by atoms with E-state index in [2.05, 4.69) is 15.9 Å². The van der Waals surface area contributed by atoms with Gasteiger partial charge in [0.25, 0.3) is 5.56 Å². The minimum absolute atomic E-state index is 0.296. The van der Waals surface area contributed by atoms with Crippen LogP contribution in [0.5, 0.6) is 0 Å². The molecule has 1 aromatic carbocycles. The van der Waals surface area contributed by atoms with Gasteiger partial charge in [-0.25, -0.2) is 4.39 Å². The van der Waals surface area contributed by atoms with Crippen molar-refractivity contribution in [3.05, 3.63) is 68.3 Å². The maximum absolute atomic E-state index is 13.0. The molecule has 0 spiro atoms. The fourth-order valence-electron chi connectivity index (χ4n) is 1.75. The summed E-state index contributed by atoms with van der Waals surface area (Å²) in [6.07, 6.45) is -4.63. The van der Waals surface area contributed by atoms with E-state index in [-0.39, 0.29) is 6.54 Å². The molecule has 0 unspecified atom stereocenters. The van der Waals surface area contributed by atoms with Gasteiger partial charge in [0.2, 0.25) is 0 Å². The molecule has 0 saturated carbocycles. The second kappa shape index (κ2) is 5.40. The molecular formula is C13H8BrF4NO. The fraction of sp³-hybridized carbons (Fsp3) is 0.154. The van der Waals surface area contributed by atoms with E-state index in [0.717, 1.165) is 30.3 Å². The van der Waals surface area contributed by atoms with Crippen LogP contribution in [0.2, 0.25) is 0 Å². The molecule has 1 aromatic heterocycles. The Morgan fingerprint density at radius 2 is 1.85 bits per heavy atom. The monoisotopic (exact) mass is 349 g/mol. The van der Waals surface area contributed by atoms with E-state index in [1.165, 1.54) is 6.07 Å². The lowest BCUT2D eigenvalue weighted by atomic mass is 10.2. The number of benzene rings is 1. The largest absolute Gasteiger partial charge is 0.431 e. The van der Waals surface area contributed by atoms with Crippen LogP contribution in [0.1, 0.15) is 11.3 Å². The normalized spacial score (nSPS) is 11.7. The number of hydrogen-bond acceptors (Lipinski definition) is 1. The Morgan fingerprint density at radius 1 is 1.15 bits per heavy atom. The van der Waals surface area contributed by atoms with Crippen LogP contribution in [0.3, 0.4) is 0 Å². The zero-order valence-electron chi connectivity index (χ0n) is 9.92. The molecule has 20 heavy (non-hydrogen) atoms. The van der Waals surface area contributed by atoms with E-state index < -0.39 is 23.2 Å². The predicted octanol–water partition coefficient (Wildman–Crippen LogP) is 3.82. The van der Waals surface area contributed by atoms with Gasteiger partial charge in [-0.15, -0.1) is 0 Å². The van der Waals surface area contributed by atoms with Gasteiger partial charge in [0.05, 0.1) is 6.54 Å². The van der Waals surface area contributed by atoms with Crippen molar-refractivity contribution in [2.24, 2.45) is 0 Å². The summed E-state index contributed by atoms with van der Waals surface area (Å²) in [7, 11) is 0. The molecule has 0 amide bonds. The number of nitrogens with zero attached hydrogens (tertiary/aromatic N) is 1. The molecular weight excluding hydrogens is 342 g/mol. The molecule has 0 aliphatic rings. The molecule has 0 fully saturated rings. The molecule has 7 heteroatoms. The molecule has 2 aromatic rings. The van der Waals surface area contributed by atoms with Crippen LogP contribution in [0, 0.1) is 5.82 Å². The van der Waals surface area contributed by atoms with Crippen molar-refractivity contribution in [3.63, 3.8) is 0 Å². The van der Waals surface area contributed by atoms with Crippen LogP contribution in [-0.4, -0.2) is 4.57 Å². The zero-order valence-corrected chi connectivity index (χ0v) is 11.5. The summed E-state index contributed by atoms with van der Waals surface area (Å²) in [6, 6.07) is 6.53. The van der Waals surface area contributed by atoms with Gasteiger partial charge in [-0.2, -0.15) is 13.2 Å². The zero-order chi connectivity index (χ0) is 14.9. The molecule has 0 aliphatic heterocycles. The first-order valence-electron chi connectivity index (χ1n) is 5.50. The molecule has 1 heterocycles. The van der Waals surface area contributed by atoms with Crippen LogP contribution in [0.15, 0.2) is 45.7 Å². The van der Waals surface area contributed by atoms with E-state index in [1.807, 2.05) is 0 Å². The number of hydrogen-bond donors (Lipinski definition) is 0. The van der Waals surface area contributed by atoms with Crippen LogP contribution >= 0.6 is 15.9 Å². The predicted molar refractivity (Wildman–Crippen MR) is 68.9 cm³/mol. The second-order valence-electron chi connectivity index (χ2n) is 4.07. The highest BCUT2D eigenvalue weighted by Crippen LogP contribution is 2.29. The lowest BCUT2D eigenvalue weighted by Crippen LogP contribution is -2.27. The van der Waals surface area contributed by atoms with Crippen LogP contribution in [0.4, 0.5) is 17.6 Å². The quantitative estimate of drug-likeness (QED) is 0.755. The van der Waals surface area contributed by atoms with Gasteiger partial charge in [-0.05, 0) is 23.8 Å². The standard InChI is InChI=1S/C13H8BrF4NO/c14-10-6-9(15)5-4-8(10)7-19-11(13(16,17)18)2-1-3-12(19)20/h1-6H,7H2. The van der Waals surface area contributed by atoms with Gasteiger partial charge >= 0.3 is 6.18 Å². The third kappa shape index (κ3) is 3.09. The summed E-state index contributed by atoms with van der Waals surface area (Å²) >= 11 is 3.07. The summed E-state index contributed by atoms with van der Waals surface area (Å²) in [5.74, 6) is -0.517. The summed E-state index contributed by atoms with van der Waals surface area (Å²) in [6.45, 7) is -0.296. The number of rotatable bonds is 2. The van der Waals surface area contributed by atoms with E-state index in [1.54, 1.807) is 0 Å². The van der Waals surface area contributed by atoms with Gasteiger partial charge in [0, 0.05) is 10.5 Å². The first kappa shape index (κ1) is 14.8. The van der Waals surface area contributed by atoms with Crippen molar-refractivity contribution in [2.75, 3.05) is 0 Å². The molecule has 106 valence electrons. The van der Waals surface area contributed by atoms with Gasteiger partial charge in [-0.1, -0.05) is 28.1 Å². The summed E-state index contributed by atoms with van der Waals surface area (Å²) in [5, 5.41) is 0. The van der Waals surface area contributed by atoms with Gasteiger partial charge in [-0.3, -0.25) is 9.36 Å². The van der Waals surface area contributed by atoms with Gasteiger partial charge < -0.3 is 0 Å². The highest BCUT2D eigenvalue weighted by atomic mass is 79.9. The van der Waals surface area contributed by atoms with Crippen molar-refractivity contribution < 1.29 is 17.6 Å². The fourth-order valence-corrected chi connectivity index (χ4v) is 2.23. The number of pyridine rings is 1. The van der Waals surface area contributed by atoms with Crippen molar-refractivity contribution in [1.82, 2.24) is 4.57 Å². The SMILES string of the molecule is O=c1cccc(C(F)(F)F)n1Cc1ccc(F)cc1Br. The number of alkyl halides is 3. The molecule has 0 radical (unpaired) electrons. The Balaban J connectivity index is 2.51. The summed E-state index contributed by atoms with van der Waals surface area (Å²) < 4.78 is 52.5. The summed E-state index contributed by atoms with van der Waals surface area (Å²) in [4.78, 5) is 11.6. The molecule has 0 atom stereocenters. The molecule has 0 bridgehead atoms. The average Bonchev–Trinajstić information content (AvgIpc) is 2.33. The molecule has 0 aliphatic carbocycles. The Hall–Kier alpha value is -1.63. The van der Waals surface area contributed by atoms with Crippen molar-refractivity contribution in [3.8, 4) is 0 Å². The van der Waals surface area contributed by atoms with Gasteiger partial charge in [0.15, 0.2) is 0 Å². The van der Waals surface area contributed by atoms with Crippen molar-refractivity contribution in [1.29, 1.82) is 0 Å². The van der Waals surface area contributed by atoms with E-state index in [0.29, 0.717) is 14.6 Å². The highest BCUT2D eigenvalue weighted by molar-refractivity contribution is 9.10. The van der Waals surface area contributed by atoms with E-state index >= 15 is 0 Å². The first-order chi connectivity index (χ1) is 9.29. The first-order valence-corrected chi connectivity index (χ1v) is 6.29. The van der Waals surface area contributed by atoms with Crippen molar-refractivity contribution >= 4 is 15.9 Å². The Kier molecular flexibility index (Phi) is 3.99. The van der Waals surface area contributed by atoms with Crippen molar-refractivity contribution in [2.45, 2.75) is 12.7 Å². The lowest BCUT2D eigenvalue weighted by Gasteiger charge is -2.15. The molecule has 2 nitrogen and oxygen atoms in total.